The van der Waals surface area contributed by atoms with Crippen molar-refractivity contribution in [2.24, 2.45) is 0 Å². The molecule has 0 radical (unpaired) electrons. The first kappa shape index (κ1) is 23.9. The second-order valence-corrected chi connectivity index (χ2v) is 9.72. The maximum absolute atomic E-state index is 12.2. The molecule has 0 spiro atoms. The Morgan fingerprint density at radius 2 is 1.23 bits per heavy atom. The minimum absolute atomic E-state index is 0.00417. The van der Waals surface area contributed by atoms with Crippen molar-refractivity contribution in [1.82, 2.24) is 9.97 Å². The molecule has 0 saturated heterocycles. The Balaban J connectivity index is 0.000000176. The van der Waals surface area contributed by atoms with E-state index in [0.717, 1.165) is 23.7 Å². The number of carbonyl (C=O) groups excluding carboxylic acids is 2. The molecule has 0 aliphatic carbocycles. The topological polar surface area (TPSA) is 65.7 Å². The summed E-state index contributed by atoms with van der Waals surface area (Å²) in [5, 5.41) is 0. The molecule has 0 fully saturated rings. The van der Waals surface area contributed by atoms with Gasteiger partial charge in [0.15, 0.2) is 0 Å². The van der Waals surface area contributed by atoms with Gasteiger partial charge in [-0.1, -0.05) is 60.7 Å². The van der Waals surface area contributed by atoms with E-state index in [1.165, 1.54) is 0 Å². The fourth-order valence-electron chi connectivity index (χ4n) is 2.77. The number of benzene rings is 2. The van der Waals surface area contributed by atoms with Crippen LogP contribution in [0.4, 0.5) is 0 Å². The van der Waals surface area contributed by atoms with Gasteiger partial charge in [-0.15, -0.1) is 0 Å². The van der Waals surface area contributed by atoms with Crippen molar-refractivity contribution in [3.63, 3.8) is 0 Å². The predicted molar refractivity (Wildman–Crippen MR) is 137 cm³/mol. The number of hydrogen-bond acceptors (Lipinski definition) is 2. The van der Waals surface area contributed by atoms with Gasteiger partial charge in [0.05, 0.1) is 29.5 Å². The smallest absolute Gasteiger partial charge is 0.209 e. The predicted octanol–water partition coefficient (Wildman–Crippen LogP) is 7.85. The van der Waals surface area contributed by atoms with Gasteiger partial charge in [-0.25, -0.2) is 0 Å². The van der Waals surface area contributed by atoms with Crippen LogP contribution in [0.2, 0.25) is 0 Å². The van der Waals surface area contributed by atoms with Crippen molar-refractivity contribution in [2.45, 2.75) is 6.92 Å². The molecule has 4 rings (SSSR count). The van der Waals surface area contributed by atoms with Crippen LogP contribution in [0.1, 0.15) is 37.7 Å². The Morgan fingerprint density at radius 3 is 1.65 bits per heavy atom. The summed E-state index contributed by atoms with van der Waals surface area (Å²) in [6.45, 7) is 1.90. The van der Waals surface area contributed by atoms with E-state index in [2.05, 4.69) is 73.7 Å². The fourth-order valence-corrected chi connectivity index (χ4v) is 4.21. The Morgan fingerprint density at radius 1 is 0.710 bits per heavy atom. The average molecular weight is 672 g/mol. The van der Waals surface area contributed by atoms with Crippen LogP contribution in [-0.2, 0) is 0 Å². The van der Waals surface area contributed by atoms with Gasteiger partial charge >= 0.3 is 0 Å². The Hall–Kier alpha value is -1.74. The normalized spacial score (nSPS) is 10.4. The molecule has 4 nitrogen and oxygen atoms in total. The van der Waals surface area contributed by atoms with E-state index >= 15 is 0 Å². The van der Waals surface area contributed by atoms with E-state index in [-0.39, 0.29) is 11.6 Å². The summed E-state index contributed by atoms with van der Waals surface area (Å²) in [6.07, 6.45) is 0. The average Bonchev–Trinajstić information content (AvgIpc) is 3.27. The molecule has 0 bridgehead atoms. The lowest BCUT2D eigenvalue weighted by Crippen LogP contribution is -2.03. The molecule has 0 aliphatic rings. The molecule has 2 aromatic heterocycles. The van der Waals surface area contributed by atoms with Crippen LogP contribution in [0.3, 0.4) is 0 Å². The van der Waals surface area contributed by atoms with Gasteiger partial charge in [-0.05, 0) is 82.3 Å². The number of aromatic amines is 2. The van der Waals surface area contributed by atoms with Gasteiger partial charge in [-0.2, -0.15) is 0 Å². The third kappa shape index (κ3) is 5.74. The minimum atomic E-state index is -0.0120. The van der Waals surface area contributed by atoms with E-state index in [1.807, 2.05) is 55.5 Å². The van der Waals surface area contributed by atoms with Crippen molar-refractivity contribution in [2.75, 3.05) is 0 Å². The van der Waals surface area contributed by atoms with Crippen LogP contribution >= 0.6 is 63.7 Å². The third-order valence-electron chi connectivity index (χ3n) is 4.40. The summed E-state index contributed by atoms with van der Waals surface area (Å²) in [4.78, 5) is 30.1. The number of hydrogen-bond donors (Lipinski definition) is 2. The zero-order valence-corrected chi connectivity index (χ0v) is 22.5. The molecule has 0 unspecified atom stereocenters. The molecule has 158 valence electrons. The van der Waals surface area contributed by atoms with Gasteiger partial charge in [0.2, 0.25) is 11.6 Å². The highest BCUT2D eigenvalue weighted by Gasteiger charge is 2.17. The summed E-state index contributed by atoms with van der Waals surface area (Å²) in [5.74, 6) is -0.00787. The summed E-state index contributed by atoms with van der Waals surface area (Å²) in [6, 6.07) is 20.2. The Bertz CT molecular complexity index is 1200. The summed E-state index contributed by atoms with van der Waals surface area (Å²) in [7, 11) is 0. The highest BCUT2D eigenvalue weighted by Crippen LogP contribution is 2.29. The van der Waals surface area contributed by atoms with E-state index in [0.29, 0.717) is 22.5 Å². The molecule has 2 N–H and O–H groups in total. The SMILES string of the molecule is Cc1c(C(=O)c2ccccc2)[nH]c(Br)c1Br.O=C(c1ccccc1)c1cc(Br)c(Br)[nH]1. The minimum Gasteiger partial charge on any atom is -0.346 e. The number of halogens is 4. The molecule has 0 aliphatic heterocycles. The monoisotopic (exact) mass is 668 g/mol. The van der Waals surface area contributed by atoms with Crippen molar-refractivity contribution >= 4 is 75.3 Å². The molecule has 8 heteroatoms. The van der Waals surface area contributed by atoms with E-state index in [1.54, 1.807) is 18.2 Å². The maximum Gasteiger partial charge on any atom is 0.209 e. The standard InChI is InChI=1S/C12H9Br2NO.C11H7Br2NO/c1-7-9(13)12(14)15-10(7)11(16)8-5-3-2-4-6-8;12-8-6-9(14-11(8)13)10(15)7-4-2-1-3-5-7/h2-6,15H,1H3;1-6,14H. The molecule has 2 aromatic carbocycles. The van der Waals surface area contributed by atoms with Crippen molar-refractivity contribution < 1.29 is 9.59 Å². The Kier molecular flexibility index (Phi) is 8.27. The molecular weight excluding hydrogens is 656 g/mol. The summed E-state index contributed by atoms with van der Waals surface area (Å²) < 4.78 is 3.32. The van der Waals surface area contributed by atoms with E-state index in [4.69, 9.17) is 0 Å². The lowest BCUT2D eigenvalue weighted by molar-refractivity contribution is 0.102. The fraction of sp³-hybridized carbons (Fsp3) is 0.0435. The first-order chi connectivity index (χ1) is 14.8. The second-order valence-electron chi connectivity index (χ2n) is 6.49. The lowest BCUT2D eigenvalue weighted by atomic mass is 10.1. The molecule has 0 saturated carbocycles. The van der Waals surface area contributed by atoms with Crippen LogP contribution in [0.5, 0.6) is 0 Å². The molecular formula is C23H16Br4N2O2. The van der Waals surface area contributed by atoms with Crippen LogP contribution in [0.25, 0.3) is 0 Å². The Labute approximate surface area is 213 Å². The maximum atomic E-state index is 12.2. The van der Waals surface area contributed by atoms with Crippen molar-refractivity contribution in [3.05, 3.63) is 113 Å². The van der Waals surface area contributed by atoms with Crippen LogP contribution < -0.4 is 0 Å². The highest BCUT2D eigenvalue weighted by atomic mass is 79.9. The van der Waals surface area contributed by atoms with Crippen LogP contribution in [0, 0.1) is 6.92 Å². The zero-order chi connectivity index (χ0) is 22.5. The summed E-state index contributed by atoms with van der Waals surface area (Å²) in [5.41, 5.74) is 3.47. The first-order valence-electron chi connectivity index (χ1n) is 9.06. The van der Waals surface area contributed by atoms with Gasteiger partial charge in [-0.3, -0.25) is 9.59 Å². The second kappa shape index (κ2) is 10.7. The largest absolute Gasteiger partial charge is 0.346 e. The molecule has 0 atom stereocenters. The third-order valence-corrected chi connectivity index (χ3v) is 8.30. The number of nitrogens with one attached hydrogen (secondary N) is 2. The van der Waals surface area contributed by atoms with Crippen molar-refractivity contribution in [1.29, 1.82) is 0 Å². The lowest BCUT2D eigenvalue weighted by Gasteiger charge is -1.99. The van der Waals surface area contributed by atoms with Crippen LogP contribution in [-0.4, -0.2) is 21.5 Å². The van der Waals surface area contributed by atoms with Gasteiger partial charge in [0.25, 0.3) is 0 Å². The number of rotatable bonds is 4. The summed E-state index contributed by atoms with van der Waals surface area (Å²) >= 11 is 13.4. The van der Waals surface area contributed by atoms with Gasteiger partial charge < -0.3 is 9.97 Å². The number of carbonyl (C=O) groups is 2. The number of H-pyrrole nitrogens is 2. The van der Waals surface area contributed by atoms with E-state index < -0.39 is 0 Å². The molecule has 0 amide bonds. The molecule has 31 heavy (non-hydrogen) atoms. The van der Waals surface area contributed by atoms with Gasteiger partial charge in [0.1, 0.15) is 0 Å². The number of ketones is 2. The quantitative estimate of drug-likeness (QED) is 0.217. The zero-order valence-electron chi connectivity index (χ0n) is 16.2. The first-order valence-corrected chi connectivity index (χ1v) is 12.2. The van der Waals surface area contributed by atoms with Crippen LogP contribution in [0.15, 0.2) is 84.9 Å². The van der Waals surface area contributed by atoms with E-state index in [9.17, 15) is 9.59 Å². The molecule has 4 aromatic rings. The van der Waals surface area contributed by atoms with Crippen molar-refractivity contribution in [3.8, 4) is 0 Å². The molecule has 2 heterocycles. The number of aromatic nitrogens is 2. The highest BCUT2D eigenvalue weighted by molar-refractivity contribution is 9.13. The van der Waals surface area contributed by atoms with Gasteiger partial charge in [0, 0.05) is 11.1 Å².